The first-order valence-electron chi connectivity index (χ1n) is 5.65. The van der Waals surface area contributed by atoms with E-state index in [2.05, 4.69) is 15.5 Å². The van der Waals surface area contributed by atoms with E-state index in [0.29, 0.717) is 16.3 Å². The number of anilines is 1. The van der Waals surface area contributed by atoms with Gasteiger partial charge in [-0.1, -0.05) is 12.1 Å². The van der Waals surface area contributed by atoms with Gasteiger partial charge in [0.25, 0.3) is 10.1 Å². The summed E-state index contributed by atoms with van der Waals surface area (Å²) in [6.45, 7) is 3.49. The summed E-state index contributed by atoms with van der Waals surface area (Å²) in [7, 11) is -4.22. The van der Waals surface area contributed by atoms with Crippen molar-refractivity contribution in [1.82, 2.24) is 4.98 Å². The quantitative estimate of drug-likeness (QED) is 0.514. The summed E-state index contributed by atoms with van der Waals surface area (Å²) in [6.07, 6.45) is 1.46. The molecule has 0 aliphatic carbocycles. The van der Waals surface area contributed by atoms with Gasteiger partial charge in [0.1, 0.15) is 0 Å². The van der Waals surface area contributed by atoms with Crippen molar-refractivity contribution < 1.29 is 13.0 Å². The third-order valence-electron chi connectivity index (χ3n) is 2.48. The summed E-state index contributed by atoms with van der Waals surface area (Å²) in [5.74, 6) is 0. The van der Waals surface area contributed by atoms with Gasteiger partial charge in [0, 0.05) is 5.38 Å². The predicted octanol–water partition coefficient (Wildman–Crippen LogP) is 2.45. The Morgan fingerprint density at radius 3 is 2.75 bits per heavy atom. The zero-order valence-corrected chi connectivity index (χ0v) is 12.5. The Hall–Kier alpha value is -1.77. The van der Waals surface area contributed by atoms with Crippen LogP contribution in [0.5, 0.6) is 0 Å². The largest absolute Gasteiger partial charge is 0.294 e. The highest BCUT2D eigenvalue weighted by Crippen LogP contribution is 2.16. The van der Waals surface area contributed by atoms with E-state index in [-0.39, 0.29) is 4.90 Å². The predicted molar refractivity (Wildman–Crippen MR) is 79.1 cm³/mol. The summed E-state index contributed by atoms with van der Waals surface area (Å²) in [5.41, 5.74) is 4.69. The Balaban J connectivity index is 2.18. The minimum Gasteiger partial charge on any atom is -0.282 e. The fourth-order valence-electron chi connectivity index (χ4n) is 1.54. The van der Waals surface area contributed by atoms with Gasteiger partial charge >= 0.3 is 0 Å². The average molecular weight is 311 g/mol. The second-order valence-electron chi connectivity index (χ2n) is 4.16. The molecule has 0 bridgehead atoms. The number of rotatable bonds is 4. The van der Waals surface area contributed by atoms with Crippen molar-refractivity contribution in [3.05, 3.63) is 40.4 Å². The number of aromatic nitrogens is 1. The lowest BCUT2D eigenvalue weighted by molar-refractivity contribution is 0.482. The number of hydrogen-bond acceptors (Lipinski definition) is 6. The van der Waals surface area contributed by atoms with Gasteiger partial charge in [0.2, 0.25) is 5.13 Å². The molecule has 0 spiro atoms. The number of thiazole rings is 1. The maximum atomic E-state index is 11.2. The van der Waals surface area contributed by atoms with E-state index in [0.717, 1.165) is 5.69 Å². The smallest absolute Gasteiger partial charge is 0.282 e. The first kappa shape index (κ1) is 14.6. The molecule has 1 aromatic carbocycles. The van der Waals surface area contributed by atoms with Gasteiger partial charge in [-0.2, -0.15) is 13.5 Å². The Morgan fingerprint density at radius 1 is 1.40 bits per heavy atom. The van der Waals surface area contributed by atoms with E-state index in [1.807, 2.05) is 12.3 Å². The third-order valence-corrected chi connectivity index (χ3v) is 4.34. The standard InChI is InChI=1S/C12H13N3O3S2/c1-8-3-4-10(5-11(8)20(16,17)18)6-13-15-12-14-9(2)7-19-12/h3-7H,1-2H3,(H,14,15)(H,16,17,18). The fourth-order valence-corrected chi connectivity index (χ4v) is 2.94. The van der Waals surface area contributed by atoms with Crippen molar-refractivity contribution in [3.63, 3.8) is 0 Å². The molecule has 0 aliphatic heterocycles. The van der Waals surface area contributed by atoms with Crippen LogP contribution in [0.2, 0.25) is 0 Å². The summed E-state index contributed by atoms with van der Waals surface area (Å²) in [5, 5.41) is 6.52. The average Bonchev–Trinajstić information content (AvgIpc) is 2.76. The second-order valence-corrected chi connectivity index (χ2v) is 6.41. The third kappa shape index (κ3) is 3.62. The molecule has 1 heterocycles. The maximum Gasteiger partial charge on any atom is 0.294 e. The maximum absolute atomic E-state index is 11.2. The fraction of sp³-hybridized carbons (Fsp3) is 0.167. The summed E-state index contributed by atoms with van der Waals surface area (Å²) in [4.78, 5) is 4.05. The van der Waals surface area contributed by atoms with Gasteiger partial charge < -0.3 is 0 Å². The molecule has 1 aromatic heterocycles. The van der Waals surface area contributed by atoms with Crippen molar-refractivity contribution in [1.29, 1.82) is 0 Å². The van der Waals surface area contributed by atoms with Crippen LogP contribution in [-0.4, -0.2) is 24.2 Å². The van der Waals surface area contributed by atoms with E-state index in [1.54, 1.807) is 19.1 Å². The molecular weight excluding hydrogens is 298 g/mol. The molecule has 106 valence electrons. The van der Waals surface area contributed by atoms with Crippen molar-refractivity contribution in [3.8, 4) is 0 Å². The summed E-state index contributed by atoms with van der Waals surface area (Å²) in [6, 6.07) is 4.68. The SMILES string of the molecule is Cc1csc(NN=Cc2ccc(C)c(S(=O)(=O)O)c2)n1. The van der Waals surface area contributed by atoms with Crippen LogP contribution in [0.15, 0.2) is 33.6 Å². The molecule has 8 heteroatoms. The number of hydrogen-bond donors (Lipinski definition) is 2. The van der Waals surface area contributed by atoms with E-state index >= 15 is 0 Å². The molecule has 0 radical (unpaired) electrons. The van der Waals surface area contributed by atoms with E-state index < -0.39 is 10.1 Å². The molecule has 0 atom stereocenters. The van der Waals surface area contributed by atoms with Crippen molar-refractivity contribution >= 4 is 32.8 Å². The molecule has 0 saturated carbocycles. The number of nitrogens with one attached hydrogen (secondary N) is 1. The van der Waals surface area contributed by atoms with E-state index in [9.17, 15) is 8.42 Å². The Bertz CT molecular complexity index is 751. The molecule has 0 fully saturated rings. The lowest BCUT2D eigenvalue weighted by atomic mass is 10.2. The lowest BCUT2D eigenvalue weighted by Gasteiger charge is -2.03. The molecule has 2 aromatic rings. The molecule has 0 saturated heterocycles. The summed E-state index contributed by atoms with van der Waals surface area (Å²) >= 11 is 1.42. The highest BCUT2D eigenvalue weighted by molar-refractivity contribution is 7.85. The number of hydrazone groups is 1. The number of aryl methyl sites for hydroxylation is 2. The lowest BCUT2D eigenvalue weighted by Crippen LogP contribution is -2.02. The van der Waals surface area contributed by atoms with Crippen molar-refractivity contribution in [2.75, 3.05) is 5.43 Å². The van der Waals surface area contributed by atoms with Gasteiger partial charge in [-0.25, -0.2) is 4.98 Å². The van der Waals surface area contributed by atoms with Crippen LogP contribution in [0.1, 0.15) is 16.8 Å². The Labute approximate surface area is 120 Å². The van der Waals surface area contributed by atoms with Crippen LogP contribution in [0.25, 0.3) is 0 Å². The first-order valence-corrected chi connectivity index (χ1v) is 7.97. The number of benzene rings is 1. The van der Waals surface area contributed by atoms with Gasteiger partial charge in [-0.15, -0.1) is 11.3 Å². The molecule has 6 nitrogen and oxygen atoms in total. The van der Waals surface area contributed by atoms with Gasteiger partial charge in [0.15, 0.2) is 0 Å². The van der Waals surface area contributed by atoms with Crippen LogP contribution in [0, 0.1) is 13.8 Å². The van der Waals surface area contributed by atoms with Gasteiger partial charge in [-0.05, 0) is 31.0 Å². The van der Waals surface area contributed by atoms with E-state index in [1.165, 1.54) is 23.6 Å². The molecule has 2 rings (SSSR count). The van der Waals surface area contributed by atoms with Gasteiger partial charge in [0.05, 0.1) is 16.8 Å². The minimum atomic E-state index is -4.22. The second kappa shape index (κ2) is 5.70. The highest BCUT2D eigenvalue weighted by atomic mass is 32.2. The van der Waals surface area contributed by atoms with Crippen LogP contribution in [0.4, 0.5) is 5.13 Å². The summed E-state index contributed by atoms with van der Waals surface area (Å²) < 4.78 is 31.5. The molecular formula is C12H13N3O3S2. The first-order chi connectivity index (χ1) is 9.36. The topological polar surface area (TPSA) is 91.7 Å². The molecule has 0 aliphatic rings. The van der Waals surface area contributed by atoms with Gasteiger partial charge in [-0.3, -0.25) is 9.98 Å². The molecule has 0 unspecified atom stereocenters. The zero-order valence-electron chi connectivity index (χ0n) is 10.9. The van der Waals surface area contributed by atoms with Crippen LogP contribution in [0.3, 0.4) is 0 Å². The number of nitrogens with zero attached hydrogens (tertiary/aromatic N) is 2. The van der Waals surface area contributed by atoms with E-state index in [4.69, 9.17) is 4.55 Å². The van der Waals surface area contributed by atoms with Crippen molar-refractivity contribution in [2.45, 2.75) is 18.7 Å². The zero-order chi connectivity index (χ0) is 14.8. The molecule has 20 heavy (non-hydrogen) atoms. The molecule has 0 amide bonds. The molecule has 2 N–H and O–H groups in total. The minimum absolute atomic E-state index is 0.119. The Morgan fingerprint density at radius 2 is 2.15 bits per heavy atom. The highest BCUT2D eigenvalue weighted by Gasteiger charge is 2.12. The van der Waals surface area contributed by atoms with Crippen LogP contribution >= 0.6 is 11.3 Å². The van der Waals surface area contributed by atoms with Crippen LogP contribution < -0.4 is 5.43 Å². The van der Waals surface area contributed by atoms with Crippen LogP contribution in [-0.2, 0) is 10.1 Å². The normalized spacial score (nSPS) is 11.9. The Kier molecular flexibility index (Phi) is 4.17. The monoisotopic (exact) mass is 311 g/mol. The van der Waals surface area contributed by atoms with Crippen molar-refractivity contribution in [2.24, 2.45) is 5.10 Å².